The molecule has 0 bridgehead atoms. The third kappa shape index (κ3) is 30.8. The van der Waals surface area contributed by atoms with Gasteiger partial charge in [0.05, 0.1) is 18.8 Å². The highest BCUT2D eigenvalue weighted by atomic mass is 16.3. The molecule has 0 spiro atoms. The number of hydrogen-bond acceptors (Lipinski definition) is 5. The molecule has 280 valence electrons. The molecule has 0 heterocycles. The summed E-state index contributed by atoms with van der Waals surface area (Å²) in [5.74, 6) is -0.590. The highest BCUT2D eigenvalue weighted by molar-refractivity contribution is 5.80. The van der Waals surface area contributed by atoms with Gasteiger partial charge in [-0.2, -0.15) is 0 Å². The maximum atomic E-state index is 12.4. The smallest absolute Gasteiger partial charge is 0.249 e. The average molecular weight is 668 g/mol. The first-order valence-electron chi connectivity index (χ1n) is 20.6. The molecule has 6 nitrogen and oxygen atoms in total. The van der Waals surface area contributed by atoms with Crippen LogP contribution in [0.25, 0.3) is 0 Å². The number of unbranched alkanes of at least 4 members (excludes halogenated alkanes) is 26. The van der Waals surface area contributed by atoms with Gasteiger partial charge in [-0.15, -0.1) is 0 Å². The first kappa shape index (κ1) is 46.0. The Hall–Kier alpha value is -0.950. The summed E-state index contributed by atoms with van der Waals surface area (Å²) in [7, 11) is 0. The Morgan fingerprint density at radius 2 is 0.851 bits per heavy atom. The number of allylic oxidation sites excluding steroid dienone is 2. The van der Waals surface area contributed by atoms with Crippen LogP contribution in [0.2, 0.25) is 0 Å². The van der Waals surface area contributed by atoms with Crippen molar-refractivity contribution in [1.29, 1.82) is 0 Å². The molecule has 4 atom stereocenters. The number of carbonyl (C=O) groups is 1. The Morgan fingerprint density at radius 3 is 1.23 bits per heavy atom. The van der Waals surface area contributed by atoms with Crippen molar-refractivity contribution in [3.05, 3.63) is 12.2 Å². The fourth-order valence-corrected chi connectivity index (χ4v) is 6.40. The average Bonchev–Trinajstić information content (AvgIpc) is 3.07. The Morgan fingerprint density at radius 1 is 0.511 bits per heavy atom. The lowest BCUT2D eigenvalue weighted by Gasteiger charge is -2.27. The Labute approximate surface area is 292 Å². The second-order valence-electron chi connectivity index (χ2n) is 14.3. The molecule has 0 aliphatic rings. The van der Waals surface area contributed by atoms with Crippen molar-refractivity contribution in [3.63, 3.8) is 0 Å². The van der Waals surface area contributed by atoms with Gasteiger partial charge >= 0.3 is 0 Å². The van der Waals surface area contributed by atoms with Gasteiger partial charge in [-0.3, -0.25) is 4.79 Å². The molecule has 47 heavy (non-hydrogen) atoms. The predicted octanol–water partition coefficient (Wildman–Crippen LogP) is 10.2. The van der Waals surface area contributed by atoms with E-state index >= 15 is 0 Å². The lowest BCUT2D eigenvalue weighted by Crippen LogP contribution is -2.53. The van der Waals surface area contributed by atoms with Crippen molar-refractivity contribution in [2.75, 3.05) is 6.61 Å². The van der Waals surface area contributed by atoms with E-state index in [-0.39, 0.29) is 0 Å². The van der Waals surface area contributed by atoms with Crippen LogP contribution in [-0.2, 0) is 4.79 Å². The van der Waals surface area contributed by atoms with Crippen molar-refractivity contribution in [3.8, 4) is 0 Å². The molecule has 0 saturated heterocycles. The quantitative estimate of drug-likeness (QED) is 0.0335. The third-order valence-corrected chi connectivity index (χ3v) is 9.73. The SMILES string of the molecule is CCCCCCCCCCCCCC/C=C\CCCCCCCCCCCCC(O)C(=O)NC(CO)C(O)C(O)CCCCCCC. The fraction of sp³-hybridized carbons (Fsp3) is 0.927. The molecular weight excluding hydrogens is 586 g/mol. The van der Waals surface area contributed by atoms with Gasteiger partial charge in [0, 0.05) is 0 Å². The van der Waals surface area contributed by atoms with Gasteiger partial charge in [0.15, 0.2) is 0 Å². The number of aliphatic hydroxyl groups is 4. The van der Waals surface area contributed by atoms with Crippen molar-refractivity contribution in [2.45, 2.75) is 237 Å². The molecule has 5 N–H and O–H groups in total. The first-order chi connectivity index (χ1) is 23.0. The molecular formula is C41H81NO5. The topological polar surface area (TPSA) is 110 Å². The van der Waals surface area contributed by atoms with E-state index in [1.165, 1.54) is 135 Å². The van der Waals surface area contributed by atoms with Crippen LogP contribution in [0.5, 0.6) is 0 Å². The summed E-state index contributed by atoms with van der Waals surface area (Å²) >= 11 is 0. The molecule has 6 heteroatoms. The van der Waals surface area contributed by atoms with E-state index < -0.39 is 36.9 Å². The summed E-state index contributed by atoms with van der Waals surface area (Å²) in [5.41, 5.74) is 0. The molecule has 0 rings (SSSR count). The van der Waals surface area contributed by atoms with E-state index in [1.807, 2.05) is 0 Å². The van der Waals surface area contributed by atoms with Gasteiger partial charge in [0.2, 0.25) is 5.91 Å². The van der Waals surface area contributed by atoms with Gasteiger partial charge in [-0.25, -0.2) is 0 Å². The summed E-state index contributed by atoms with van der Waals surface area (Å²) in [4.78, 5) is 12.4. The summed E-state index contributed by atoms with van der Waals surface area (Å²) < 4.78 is 0. The van der Waals surface area contributed by atoms with Crippen LogP contribution >= 0.6 is 0 Å². The highest BCUT2D eigenvalue weighted by Gasteiger charge is 2.28. The zero-order valence-corrected chi connectivity index (χ0v) is 31.3. The molecule has 0 aromatic carbocycles. The third-order valence-electron chi connectivity index (χ3n) is 9.73. The van der Waals surface area contributed by atoms with Gasteiger partial charge in [-0.05, 0) is 38.5 Å². The van der Waals surface area contributed by atoms with E-state index in [9.17, 15) is 25.2 Å². The number of amides is 1. The minimum atomic E-state index is -1.25. The molecule has 1 amide bonds. The minimum absolute atomic E-state index is 0.369. The zero-order chi connectivity index (χ0) is 34.6. The largest absolute Gasteiger partial charge is 0.394 e. The van der Waals surface area contributed by atoms with Crippen molar-refractivity contribution in [2.24, 2.45) is 0 Å². The molecule has 0 aliphatic heterocycles. The molecule has 4 unspecified atom stereocenters. The molecule has 0 aliphatic carbocycles. The van der Waals surface area contributed by atoms with E-state index in [4.69, 9.17) is 0 Å². The van der Waals surface area contributed by atoms with Crippen molar-refractivity contribution in [1.82, 2.24) is 5.32 Å². The molecule has 0 aromatic rings. The van der Waals surface area contributed by atoms with Crippen LogP contribution in [0, 0.1) is 0 Å². The van der Waals surface area contributed by atoms with Crippen LogP contribution in [0.15, 0.2) is 12.2 Å². The minimum Gasteiger partial charge on any atom is -0.394 e. The lowest BCUT2D eigenvalue weighted by atomic mass is 9.99. The molecule has 0 fully saturated rings. The summed E-state index contributed by atoms with van der Waals surface area (Å²) in [5, 5.41) is 43.0. The number of hydrogen-bond donors (Lipinski definition) is 5. The van der Waals surface area contributed by atoms with E-state index in [2.05, 4.69) is 31.3 Å². The van der Waals surface area contributed by atoms with Crippen molar-refractivity contribution >= 4 is 5.91 Å². The van der Waals surface area contributed by atoms with Crippen LogP contribution in [0.3, 0.4) is 0 Å². The molecule has 0 aromatic heterocycles. The second kappa shape index (κ2) is 36.3. The predicted molar refractivity (Wildman–Crippen MR) is 201 cm³/mol. The van der Waals surface area contributed by atoms with Crippen molar-refractivity contribution < 1.29 is 25.2 Å². The number of nitrogens with one attached hydrogen (secondary N) is 1. The standard InChI is InChI=1S/C41H81NO5/c1-3-5-7-9-10-11-12-13-14-15-16-17-18-19-20-21-22-23-24-25-26-27-28-29-31-33-35-39(45)41(47)42-37(36-43)40(46)38(44)34-32-30-8-6-4-2/h19-20,37-40,43-46H,3-18,21-36H2,1-2H3,(H,42,47)/b20-19-. The monoisotopic (exact) mass is 668 g/mol. The van der Waals surface area contributed by atoms with E-state index in [0.29, 0.717) is 12.8 Å². The van der Waals surface area contributed by atoms with Crippen LogP contribution < -0.4 is 5.32 Å². The summed E-state index contributed by atoms with van der Waals surface area (Å²) in [6, 6.07) is -0.979. The van der Waals surface area contributed by atoms with Gasteiger partial charge in [0.1, 0.15) is 12.2 Å². The maximum absolute atomic E-state index is 12.4. The number of aliphatic hydroxyl groups excluding tert-OH is 4. The Kier molecular flexibility index (Phi) is 35.6. The highest BCUT2D eigenvalue weighted by Crippen LogP contribution is 2.16. The Bertz CT molecular complexity index is 672. The molecule has 0 saturated carbocycles. The number of rotatable bonds is 37. The zero-order valence-electron chi connectivity index (χ0n) is 31.3. The van der Waals surface area contributed by atoms with E-state index in [0.717, 1.165) is 51.4 Å². The van der Waals surface area contributed by atoms with Gasteiger partial charge in [0.25, 0.3) is 0 Å². The fourth-order valence-electron chi connectivity index (χ4n) is 6.40. The normalized spacial score (nSPS) is 14.4. The van der Waals surface area contributed by atoms with Crippen LogP contribution in [-0.4, -0.2) is 57.3 Å². The lowest BCUT2D eigenvalue weighted by molar-refractivity contribution is -0.132. The van der Waals surface area contributed by atoms with E-state index in [1.54, 1.807) is 0 Å². The molecule has 0 radical (unpaired) electrons. The maximum Gasteiger partial charge on any atom is 0.249 e. The van der Waals surface area contributed by atoms with Gasteiger partial charge in [-0.1, -0.05) is 187 Å². The first-order valence-corrected chi connectivity index (χ1v) is 20.6. The van der Waals surface area contributed by atoms with Gasteiger partial charge < -0.3 is 25.7 Å². The number of carbonyl (C=O) groups excluding carboxylic acids is 1. The van der Waals surface area contributed by atoms with Crippen LogP contribution in [0.1, 0.15) is 213 Å². The summed E-state index contributed by atoms with van der Waals surface area (Å²) in [6.45, 7) is 3.95. The van der Waals surface area contributed by atoms with Crippen LogP contribution in [0.4, 0.5) is 0 Å². The second-order valence-corrected chi connectivity index (χ2v) is 14.3. The Balaban J connectivity index is 3.56. The summed E-state index contributed by atoms with van der Waals surface area (Å²) in [6.07, 6.45) is 38.7.